The third-order valence-electron chi connectivity index (χ3n) is 4.41. The predicted octanol–water partition coefficient (Wildman–Crippen LogP) is 4.33. The Kier molecular flexibility index (Phi) is 4.50. The van der Waals surface area contributed by atoms with Gasteiger partial charge in [0, 0.05) is 28.4 Å². The van der Waals surface area contributed by atoms with Gasteiger partial charge in [-0.1, -0.05) is 19.9 Å². The van der Waals surface area contributed by atoms with E-state index in [0.29, 0.717) is 28.0 Å². The average molecular weight is 352 g/mol. The number of pyridine rings is 1. The molecular weight excluding hydrogens is 331 g/mol. The van der Waals surface area contributed by atoms with E-state index in [2.05, 4.69) is 4.98 Å². The number of hydrogen-bond acceptors (Lipinski definition) is 5. The Morgan fingerprint density at radius 3 is 2.46 bits per heavy atom. The zero-order chi connectivity index (χ0) is 19.0. The third-order valence-corrected chi connectivity index (χ3v) is 4.41. The number of benzene rings is 2. The number of hydrogen-bond donors (Lipinski definition) is 3. The highest BCUT2D eigenvalue weighted by atomic mass is 19.1. The van der Waals surface area contributed by atoms with E-state index in [-0.39, 0.29) is 11.7 Å². The Labute approximate surface area is 151 Å². The predicted molar refractivity (Wildman–Crippen MR) is 104 cm³/mol. The van der Waals surface area contributed by atoms with Crippen LogP contribution in [0.1, 0.15) is 31.0 Å². The van der Waals surface area contributed by atoms with E-state index in [1.165, 1.54) is 19.4 Å². The van der Waals surface area contributed by atoms with Gasteiger partial charge >= 0.3 is 0 Å². The molecule has 1 aromatic heterocycles. The number of nitrogens with zero attached hydrogens (tertiary/aromatic N) is 1. The monoisotopic (exact) mass is 352 g/mol. The van der Waals surface area contributed by atoms with Gasteiger partial charge in [0.1, 0.15) is 5.82 Å². The van der Waals surface area contributed by atoms with Crippen LogP contribution in [-0.2, 0) is 0 Å². The van der Waals surface area contributed by atoms with Gasteiger partial charge in [0.25, 0.3) is 0 Å². The second kappa shape index (κ2) is 6.63. The van der Waals surface area contributed by atoms with Crippen LogP contribution in [0.3, 0.4) is 0 Å². The highest BCUT2D eigenvalue weighted by Crippen LogP contribution is 2.39. The van der Waals surface area contributed by atoms with Crippen LogP contribution in [0.5, 0.6) is 5.75 Å². The van der Waals surface area contributed by atoms with Crippen molar-refractivity contribution < 1.29 is 9.13 Å². The molecule has 1 heterocycles. The molecule has 0 atom stereocenters. The van der Waals surface area contributed by atoms with Crippen molar-refractivity contribution in [1.29, 1.82) is 5.41 Å². The summed E-state index contributed by atoms with van der Waals surface area (Å²) in [6.07, 6.45) is 1.19. The molecule has 0 aliphatic heterocycles. The van der Waals surface area contributed by atoms with E-state index >= 15 is 0 Å². The highest BCUT2D eigenvalue weighted by molar-refractivity contribution is 6.07. The Bertz CT molecular complexity index is 1010. The average Bonchev–Trinajstić information content (AvgIpc) is 2.61. The first-order chi connectivity index (χ1) is 12.4. The fourth-order valence-electron chi connectivity index (χ4n) is 3.10. The van der Waals surface area contributed by atoms with Crippen molar-refractivity contribution in [3.63, 3.8) is 0 Å². The second-order valence-corrected chi connectivity index (χ2v) is 6.43. The molecule has 0 saturated carbocycles. The smallest absolute Gasteiger partial charge is 0.165 e. The molecule has 0 unspecified atom stereocenters. The van der Waals surface area contributed by atoms with Crippen molar-refractivity contribution in [3.05, 3.63) is 47.4 Å². The van der Waals surface area contributed by atoms with Crippen LogP contribution in [0, 0.1) is 11.2 Å². The number of nitrogen functional groups attached to an aromatic ring is 2. The van der Waals surface area contributed by atoms with Gasteiger partial charge in [-0.2, -0.15) is 0 Å². The maximum absolute atomic E-state index is 14.3. The summed E-state index contributed by atoms with van der Waals surface area (Å²) in [6, 6.07) is 8.33. The van der Waals surface area contributed by atoms with Crippen LogP contribution in [0.2, 0.25) is 0 Å². The standard InChI is InChI=1S/C20H21FN4O/c1-10(2)19-18(11-4-5-17(26-3)15(21)7-11)13-6-12(9-22)16(23)8-14(13)20(24)25-19/h4-10,22H,23H2,1-3H3,(H2,24,25). The minimum absolute atomic E-state index is 0.0721. The number of fused-ring (bicyclic) bond motifs is 1. The number of ether oxygens (including phenoxy) is 1. The van der Waals surface area contributed by atoms with Gasteiger partial charge in [0.05, 0.1) is 12.8 Å². The van der Waals surface area contributed by atoms with Crippen LogP contribution in [0.25, 0.3) is 21.9 Å². The van der Waals surface area contributed by atoms with Gasteiger partial charge in [-0.05, 0) is 41.1 Å². The molecular formula is C20H21FN4O. The van der Waals surface area contributed by atoms with E-state index in [9.17, 15) is 4.39 Å². The van der Waals surface area contributed by atoms with Gasteiger partial charge in [-0.25, -0.2) is 9.37 Å². The zero-order valence-electron chi connectivity index (χ0n) is 14.9. The third kappa shape index (κ3) is 2.83. The van der Waals surface area contributed by atoms with E-state index < -0.39 is 5.82 Å². The molecule has 0 aliphatic carbocycles. The molecule has 0 aliphatic rings. The molecule has 0 fully saturated rings. The number of anilines is 2. The van der Waals surface area contributed by atoms with Gasteiger partial charge in [-0.3, -0.25) is 0 Å². The van der Waals surface area contributed by atoms with Crippen LogP contribution >= 0.6 is 0 Å². The largest absolute Gasteiger partial charge is 0.494 e. The molecule has 3 aromatic rings. The van der Waals surface area contributed by atoms with Crippen molar-refractivity contribution in [2.45, 2.75) is 19.8 Å². The quantitative estimate of drug-likeness (QED) is 0.481. The number of methoxy groups -OCH3 is 1. The summed E-state index contributed by atoms with van der Waals surface area (Å²) >= 11 is 0. The lowest BCUT2D eigenvalue weighted by atomic mass is 9.91. The number of rotatable bonds is 4. The Morgan fingerprint density at radius 1 is 1.15 bits per heavy atom. The Hall–Kier alpha value is -3.15. The fourth-order valence-corrected chi connectivity index (χ4v) is 3.10. The summed E-state index contributed by atoms with van der Waals surface area (Å²) in [6.45, 7) is 4.01. The molecule has 0 bridgehead atoms. The van der Waals surface area contributed by atoms with Gasteiger partial charge in [0.2, 0.25) is 0 Å². The molecule has 134 valence electrons. The normalized spacial score (nSPS) is 11.1. The van der Waals surface area contributed by atoms with E-state index in [4.69, 9.17) is 21.6 Å². The van der Waals surface area contributed by atoms with Crippen LogP contribution < -0.4 is 16.2 Å². The number of nitrogens with two attached hydrogens (primary N) is 2. The van der Waals surface area contributed by atoms with Crippen molar-refractivity contribution in [1.82, 2.24) is 4.98 Å². The molecule has 2 aromatic carbocycles. The fraction of sp³-hybridized carbons (Fsp3) is 0.200. The minimum Gasteiger partial charge on any atom is -0.494 e. The maximum Gasteiger partial charge on any atom is 0.165 e. The van der Waals surface area contributed by atoms with Crippen LogP contribution in [-0.4, -0.2) is 18.3 Å². The second-order valence-electron chi connectivity index (χ2n) is 6.43. The van der Waals surface area contributed by atoms with Crippen LogP contribution in [0.15, 0.2) is 30.3 Å². The summed E-state index contributed by atoms with van der Waals surface area (Å²) in [5.74, 6) is 0.164. The first-order valence-electron chi connectivity index (χ1n) is 8.24. The van der Waals surface area contributed by atoms with Crippen LogP contribution in [0.4, 0.5) is 15.9 Å². The number of halogens is 1. The first kappa shape index (κ1) is 17.7. The van der Waals surface area contributed by atoms with E-state index in [1.54, 1.807) is 24.3 Å². The number of nitrogens with one attached hydrogen (secondary N) is 1. The maximum atomic E-state index is 14.3. The minimum atomic E-state index is -0.451. The van der Waals surface area contributed by atoms with E-state index in [0.717, 1.165) is 16.6 Å². The summed E-state index contributed by atoms with van der Waals surface area (Å²) in [5, 5.41) is 9.06. The molecule has 0 spiro atoms. The van der Waals surface area contributed by atoms with Gasteiger partial charge in [-0.15, -0.1) is 0 Å². The molecule has 5 nitrogen and oxygen atoms in total. The zero-order valence-corrected chi connectivity index (χ0v) is 14.9. The topological polar surface area (TPSA) is 98.0 Å². The lowest BCUT2D eigenvalue weighted by Gasteiger charge is -2.18. The molecule has 6 heteroatoms. The van der Waals surface area contributed by atoms with Crippen molar-refractivity contribution in [2.24, 2.45) is 0 Å². The molecule has 0 radical (unpaired) electrons. The summed E-state index contributed by atoms with van der Waals surface area (Å²) in [4.78, 5) is 4.56. The molecule has 5 N–H and O–H groups in total. The lowest BCUT2D eigenvalue weighted by molar-refractivity contribution is 0.386. The van der Waals surface area contributed by atoms with Crippen molar-refractivity contribution in [3.8, 4) is 16.9 Å². The SMILES string of the molecule is COc1ccc(-c2c(C(C)C)nc(N)c3cc(N)c(C=N)cc23)cc1F. The number of aromatic nitrogens is 1. The Morgan fingerprint density at radius 2 is 1.88 bits per heavy atom. The summed E-state index contributed by atoms with van der Waals surface area (Å²) in [5.41, 5.74) is 15.4. The molecule has 0 amide bonds. The van der Waals surface area contributed by atoms with Crippen molar-refractivity contribution >= 4 is 28.5 Å². The Balaban J connectivity index is 2.44. The summed E-state index contributed by atoms with van der Waals surface area (Å²) < 4.78 is 19.3. The lowest BCUT2D eigenvalue weighted by Crippen LogP contribution is -2.05. The van der Waals surface area contributed by atoms with Crippen molar-refractivity contribution in [2.75, 3.05) is 18.6 Å². The summed E-state index contributed by atoms with van der Waals surface area (Å²) in [7, 11) is 1.43. The van der Waals surface area contributed by atoms with Gasteiger partial charge in [0.15, 0.2) is 11.6 Å². The highest BCUT2D eigenvalue weighted by Gasteiger charge is 2.19. The first-order valence-corrected chi connectivity index (χ1v) is 8.24. The van der Waals surface area contributed by atoms with Gasteiger partial charge < -0.3 is 21.6 Å². The molecule has 0 saturated heterocycles. The molecule has 26 heavy (non-hydrogen) atoms. The van der Waals surface area contributed by atoms with E-state index in [1.807, 2.05) is 13.8 Å². The molecule has 3 rings (SSSR count).